The maximum atomic E-state index is 11.5. The molecule has 0 aliphatic rings. The highest BCUT2D eigenvalue weighted by molar-refractivity contribution is 5.73. The Morgan fingerprint density at radius 1 is 1.59 bits per heavy atom. The number of aliphatic hydroxyl groups excluding tert-OH is 1. The molecule has 5 heteroatoms. The third-order valence-corrected chi connectivity index (χ3v) is 2.88. The van der Waals surface area contributed by atoms with Crippen molar-refractivity contribution in [3.63, 3.8) is 0 Å². The maximum Gasteiger partial charge on any atom is 0.311 e. The van der Waals surface area contributed by atoms with E-state index >= 15 is 0 Å². The summed E-state index contributed by atoms with van der Waals surface area (Å²) in [5.41, 5.74) is 0.650. The minimum Gasteiger partial charge on any atom is -0.469 e. The Morgan fingerprint density at radius 2 is 2.24 bits per heavy atom. The van der Waals surface area contributed by atoms with Gasteiger partial charge in [0.25, 0.3) is 0 Å². The number of imidazole rings is 1. The Morgan fingerprint density at radius 3 is 2.71 bits per heavy atom. The van der Waals surface area contributed by atoms with Crippen molar-refractivity contribution >= 4 is 5.97 Å². The predicted octanol–water partition coefficient (Wildman–Crippen LogP) is 1.70. The quantitative estimate of drug-likeness (QED) is 0.795. The fourth-order valence-electron chi connectivity index (χ4n) is 1.85. The Bertz CT molecular complexity index is 374. The van der Waals surface area contributed by atoms with E-state index in [4.69, 9.17) is 4.74 Å². The second-order valence-electron chi connectivity index (χ2n) is 4.30. The third kappa shape index (κ3) is 2.85. The van der Waals surface area contributed by atoms with Gasteiger partial charge in [0.1, 0.15) is 6.10 Å². The molecule has 1 heterocycles. The van der Waals surface area contributed by atoms with E-state index < -0.39 is 18.0 Å². The molecule has 1 N–H and O–H groups in total. The highest BCUT2D eigenvalue weighted by atomic mass is 16.5. The van der Waals surface area contributed by atoms with Crippen LogP contribution < -0.4 is 0 Å². The molecule has 0 aliphatic heterocycles. The molecule has 5 nitrogen and oxygen atoms in total. The lowest BCUT2D eigenvalue weighted by atomic mass is 9.97. The first-order valence-corrected chi connectivity index (χ1v) is 5.80. The topological polar surface area (TPSA) is 64.3 Å². The Hall–Kier alpha value is -1.36. The van der Waals surface area contributed by atoms with Crippen LogP contribution in [0.4, 0.5) is 0 Å². The van der Waals surface area contributed by atoms with Crippen molar-refractivity contribution in [1.29, 1.82) is 0 Å². The molecule has 0 saturated heterocycles. The molecular formula is C12H20N2O3. The minimum atomic E-state index is -0.877. The average molecular weight is 240 g/mol. The summed E-state index contributed by atoms with van der Waals surface area (Å²) in [5, 5.41) is 10.2. The molecule has 0 spiro atoms. The summed E-state index contributed by atoms with van der Waals surface area (Å²) in [6.07, 6.45) is 2.90. The van der Waals surface area contributed by atoms with E-state index in [2.05, 4.69) is 4.98 Å². The molecule has 1 aromatic rings. The lowest BCUT2D eigenvalue weighted by Gasteiger charge is -2.22. The largest absolute Gasteiger partial charge is 0.469 e. The van der Waals surface area contributed by atoms with E-state index in [9.17, 15) is 9.90 Å². The number of rotatable bonds is 5. The summed E-state index contributed by atoms with van der Waals surface area (Å²) in [7, 11) is 1.33. The fourth-order valence-corrected chi connectivity index (χ4v) is 1.85. The minimum absolute atomic E-state index is 0.192. The number of methoxy groups -OCH3 is 1. The van der Waals surface area contributed by atoms with Crippen LogP contribution in [0.3, 0.4) is 0 Å². The van der Waals surface area contributed by atoms with Crippen molar-refractivity contribution < 1.29 is 14.6 Å². The number of esters is 1. The number of nitrogens with zero attached hydrogens (tertiary/aromatic N) is 2. The number of ether oxygens (including phenoxy) is 1. The molecule has 0 aliphatic carbocycles. The maximum absolute atomic E-state index is 11.5. The van der Waals surface area contributed by atoms with Crippen LogP contribution in [0.2, 0.25) is 0 Å². The van der Waals surface area contributed by atoms with E-state index in [1.807, 2.05) is 25.3 Å². The molecule has 1 aromatic heterocycles. The van der Waals surface area contributed by atoms with Crippen LogP contribution in [0.5, 0.6) is 0 Å². The molecule has 2 atom stereocenters. The molecule has 0 fully saturated rings. The second kappa shape index (κ2) is 5.82. The number of aromatic nitrogens is 2. The number of carbonyl (C=O) groups is 1. The summed E-state index contributed by atoms with van der Waals surface area (Å²) in [4.78, 5) is 15.6. The molecular weight excluding hydrogens is 220 g/mol. The summed E-state index contributed by atoms with van der Waals surface area (Å²) in [6.45, 7) is 5.84. The number of hydrogen-bond donors (Lipinski definition) is 1. The monoisotopic (exact) mass is 240 g/mol. The van der Waals surface area contributed by atoms with Crippen molar-refractivity contribution in [2.75, 3.05) is 7.11 Å². The zero-order valence-corrected chi connectivity index (χ0v) is 10.8. The zero-order valence-electron chi connectivity index (χ0n) is 10.8. The standard InChI is InChI=1S/C12H20N2O3/c1-5-9(12(16)17-4)11(15)10-6-13-7-14(10)8(2)3/h6-9,11,15H,5H2,1-4H3. The van der Waals surface area contributed by atoms with E-state index in [0.29, 0.717) is 12.1 Å². The first-order valence-electron chi connectivity index (χ1n) is 5.80. The van der Waals surface area contributed by atoms with Gasteiger partial charge in [-0.15, -0.1) is 0 Å². The van der Waals surface area contributed by atoms with Crippen LogP contribution in [0, 0.1) is 5.92 Å². The van der Waals surface area contributed by atoms with Gasteiger partial charge in [-0.1, -0.05) is 6.92 Å². The van der Waals surface area contributed by atoms with Crippen molar-refractivity contribution in [1.82, 2.24) is 9.55 Å². The molecule has 0 radical (unpaired) electrons. The normalized spacial score (nSPS) is 14.7. The Labute approximate surface area is 101 Å². The Balaban J connectivity index is 2.97. The smallest absolute Gasteiger partial charge is 0.311 e. The molecule has 0 aromatic carbocycles. The van der Waals surface area contributed by atoms with Crippen molar-refractivity contribution in [2.24, 2.45) is 5.92 Å². The molecule has 17 heavy (non-hydrogen) atoms. The molecule has 2 unspecified atom stereocenters. The zero-order chi connectivity index (χ0) is 13.0. The summed E-state index contributed by atoms with van der Waals surface area (Å²) >= 11 is 0. The number of hydrogen-bond acceptors (Lipinski definition) is 4. The van der Waals surface area contributed by atoms with E-state index in [-0.39, 0.29) is 6.04 Å². The molecule has 0 amide bonds. The van der Waals surface area contributed by atoms with E-state index in [0.717, 1.165) is 0 Å². The van der Waals surface area contributed by atoms with Gasteiger partial charge in [0, 0.05) is 6.04 Å². The lowest BCUT2D eigenvalue weighted by Crippen LogP contribution is -2.25. The first kappa shape index (κ1) is 13.7. The van der Waals surface area contributed by atoms with Crippen LogP contribution in [0.1, 0.15) is 45.0 Å². The van der Waals surface area contributed by atoms with Gasteiger partial charge >= 0.3 is 5.97 Å². The highest BCUT2D eigenvalue weighted by Gasteiger charge is 2.29. The van der Waals surface area contributed by atoms with Crippen molar-refractivity contribution in [3.8, 4) is 0 Å². The molecule has 0 saturated carbocycles. The average Bonchev–Trinajstić information content (AvgIpc) is 2.78. The highest BCUT2D eigenvalue weighted by Crippen LogP contribution is 2.27. The second-order valence-corrected chi connectivity index (χ2v) is 4.30. The van der Waals surface area contributed by atoms with Crippen LogP contribution in [0.15, 0.2) is 12.5 Å². The number of aliphatic hydroxyl groups is 1. The van der Waals surface area contributed by atoms with Gasteiger partial charge in [0.15, 0.2) is 0 Å². The van der Waals surface area contributed by atoms with Crippen molar-refractivity contribution in [2.45, 2.75) is 39.3 Å². The van der Waals surface area contributed by atoms with Gasteiger partial charge in [-0.25, -0.2) is 4.98 Å². The summed E-state index contributed by atoms with van der Waals surface area (Å²) in [5.74, 6) is -0.939. The lowest BCUT2D eigenvalue weighted by molar-refractivity contribution is -0.150. The van der Waals surface area contributed by atoms with Crippen LogP contribution in [-0.2, 0) is 9.53 Å². The van der Waals surface area contributed by atoms with Crippen LogP contribution >= 0.6 is 0 Å². The van der Waals surface area contributed by atoms with Crippen molar-refractivity contribution in [3.05, 3.63) is 18.2 Å². The molecule has 1 rings (SSSR count). The van der Waals surface area contributed by atoms with Crippen LogP contribution in [-0.4, -0.2) is 27.7 Å². The molecule has 0 bridgehead atoms. The molecule has 96 valence electrons. The van der Waals surface area contributed by atoms with Gasteiger partial charge in [0.2, 0.25) is 0 Å². The van der Waals surface area contributed by atoms with E-state index in [1.165, 1.54) is 7.11 Å². The van der Waals surface area contributed by atoms with E-state index in [1.54, 1.807) is 12.5 Å². The van der Waals surface area contributed by atoms with Gasteiger partial charge in [-0.05, 0) is 20.3 Å². The van der Waals surface area contributed by atoms with Gasteiger partial charge in [-0.2, -0.15) is 0 Å². The van der Waals surface area contributed by atoms with Crippen LogP contribution in [0.25, 0.3) is 0 Å². The Kier molecular flexibility index (Phi) is 4.69. The van der Waals surface area contributed by atoms with Gasteiger partial charge in [-0.3, -0.25) is 4.79 Å². The van der Waals surface area contributed by atoms with Gasteiger partial charge < -0.3 is 14.4 Å². The number of carbonyl (C=O) groups excluding carboxylic acids is 1. The predicted molar refractivity (Wildman–Crippen MR) is 63.4 cm³/mol. The summed E-state index contributed by atoms with van der Waals surface area (Å²) in [6, 6.07) is 0.192. The first-order chi connectivity index (χ1) is 8.02. The SMILES string of the molecule is CCC(C(=O)OC)C(O)c1cncn1C(C)C. The fraction of sp³-hybridized carbons (Fsp3) is 0.667. The van der Waals surface area contributed by atoms with Gasteiger partial charge in [0.05, 0.1) is 31.2 Å². The third-order valence-electron chi connectivity index (χ3n) is 2.88. The summed E-state index contributed by atoms with van der Waals surface area (Å²) < 4.78 is 6.55.